The van der Waals surface area contributed by atoms with Gasteiger partial charge in [-0.05, 0) is 49.4 Å². The lowest BCUT2D eigenvalue weighted by Crippen LogP contribution is -2.37. The van der Waals surface area contributed by atoms with E-state index in [-0.39, 0.29) is 5.91 Å². The van der Waals surface area contributed by atoms with Crippen LogP contribution in [0.15, 0.2) is 18.2 Å². The van der Waals surface area contributed by atoms with Gasteiger partial charge in [0.25, 0.3) is 0 Å². The van der Waals surface area contributed by atoms with Gasteiger partial charge in [-0.25, -0.2) is 0 Å². The van der Waals surface area contributed by atoms with Crippen LogP contribution in [0.4, 0.5) is 5.69 Å². The van der Waals surface area contributed by atoms with Crippen molar-refractivity contribution in [2.45, 2.75) is 25.7 Å². The number of hydrogen-bond donors (Lipinski definition) is 0. The van der Waals surface area contributed by atoms with Crippen molar-refractivity contribution in [2.24, 2.45) is 0 Å². The molecule has 1 aromatic rings. The van der Waals surface area contributed by atoms with Crippen LogP contribution in [-0.2, 0) is 11.2 Å². The number of benzene rings is 1. The molecule has 0 aliphatic carbocycles. The van der Waals surface area contributed by atoms with Gasteiger partial charge in [0, 0.05) is 25.3 Å². The van der Waals surface area contributed by atoms with Crippen molar-refractivity contribution in [1.29, 1.82) is 0 Å². The molecule has 124 valence electrons. The van der Waals surface area contributed by atoms with Crippen LogP contribution in [0.1, 0.15) is 24.8 Å². The van der Waals surface area contributed by atoms with E-state index in [0.29, 0.717) is 5.75 Å². The summed E-state index contributed by atoms with van der Waals surface area (Å²) in [4.78, 5) is 16.7. The molecule has 2 aliphatic heterocycles. The van der Waals surface area contributed by atoms with Gasteiger partial charge in [0.15, 0.2) is 0 Å². The number of carbonyl (C=O) groups excluding carboxylic acids is 1. The average molecular weight is 351 g/mol. The van der Waals surface area contributed by atoms with Gasteiger partial charge in [0.05, 0.1) is 12.9 Å². The maximum Gasteiger partial charge on any atom is 0.237 e. The largest absolute Gasteiger partial charge is 0.497 e. The molecule has 1 aromatic carbocycles. The Hall–Kier alpha value is -1.27. The molecule has 0 bridgehead atoms. The number of aryl methyl sites for hydroxylation is 1. The molecular formula is C17H22N2O2S2. The van der Waals surface area contributed by atoms with Crippen LogP contribution in [0.5, 0.6) is 5.75 Å². The average Bonchev–Trinajstić information content (AvgIpc) is 3.13. The van der Waals surface area contributed by atoms with E-state index in [1.165, 1.54) is 30.2 Å². The van der Waals surface area contributed by atoms with Gasteiger partial charge in [-0.3, -0.25) is 4.79 Å². The maximum atomic E-state index is 12.6. The lowest BCUT2D eigenvalue weighted by atomic mass is 10.0. The second-order valence-corrected chi connectivity index (χ2v) is 7.50. The lowest BCUT2D eigenvalue weighted by Gasteiger charge is -2.30. The Balaban J connectivity index is 1.63. The summed E-state index contributed by atoms with van der Waals surface area (Å²) >= 11 is 6.95. The van der Waals surface area contributed by atoms with E-state index < -0.39 is 0 Å². The number of methoxy groups -OCH3 is 1. The van der Waals surface area contributed by atoms with E-state index in [1.54, 1.807) is 7.11 Å². The first kappa shape index (κ1) is 16.6. The molecule has 1 fully saturated rings. The monoisotopic (exact) mass is 350 g/mol. The zero-order chi connectivity index (χ0) is 16.2. The third-order valence-corrected chi connectivity index (χ3v) is 5.90. The standard InChI is InChI=1S/C17H22N2O2S2/c1-21-14-6-7-15-13(11-14)5-4-10-19(15)16(20)12-23-17(22)18-8-2-3-9-18/h6-7,11H,2-5,8-10,12H2,1H3. The fourth-order valence-electron chi connectivity index (χ4n) is 3.15. The van der Waals surface area contributed by atoms with Crippen LogP contribution in [-0.4, -0.2) is 47.6 Å². The number of fused-ring (bicyclic) bond motifs is 1. The molecule has 0 saturated carbocycles. The highest BCUT2D eigenvalue weighted by molar-refractivity contribution is 8.23. The highest BCUT2D eigenvalue weighted by Crippen LogP contribution is 2.31. The first-order valence-corrected chi connectivity index (χ1v) is 9.47. The summed E-state index contributed by atoms with van der Waals surface area (Å²) in [5, 5.41) is 0. The number of thiocarbonyl (C=S) groups is 1. The molecule has 2 aliphatic rings. The quantitative estimate of drug-likeness (QED) is 0.783. The van der Waals surface area contributed by atoms with E-state index in [9.17, 15) is 4.79 Å². The zero-order valence-electron chi connectivity index (χ0n) is 13.4. The Bertz CT molecular complexity index is 600. The van der Waals surface area contributed by atoms with E-state index in [2.05, 4.69) is 4.90 Å². The van der Waals surface area contributed by atoms with E-state index in [0.717, 1.165) is 48.2 Å². The van der Waals surface area contributed by atoms with Crippen LogP contribution in [0.3, 0.4) is 0 Å². The van der Waals surface area contributed by atoms with Crippen molar-refractivity contribution in [2.75, 3.05) is 37.4 Å². The summed E-state index contributed by atoms with van der Waals surface area (Å²) in [6.07, 6.45) is 4.40. The molecule has 0 radical (unpaired) electrons. The summed E-state index contributed by atoms with van der Waals surface area (Å²) in [5.41, 5.74) is 2.21. The van der Waals surface area contributed by atoms with Gasteiger partial charge in [-0.1, -0.05) is 24.0 Å². The second kappa shape index (κ2) is 7.53. The fraction of sp³-hybridized carbons (Fsp3) is 0.529. The van der Waals surface area contributed by atoms with Crippen molar-refractivity contribution in [3.8, 4) is 5.75 Å². The highest BCUT2D eigenvalue weighted by Gasteiger charge is 2.24. The fourth-order valence-corrected chi connectivity index (χ4v) is 4.28. The molecule has 2 heterocycles. The summed E-state index contributed by atoms with van der Waals surface area (Å²) < 4.78 is 6.15. The molecule has 23 heavy (non-hydrogen) atoms. The first-order chi connectivity index (χ1) is 11.2. The third kappa shape index (κ3) is 3.80. The van der Waals surface area contributed by atoms with Crippen LogP contribution < -0.4 is 9.64 Å². The number of amides is 1. The van der Waals surface area contributed by atoms with Gasteiger partial charge >= 0.3 is 0 Å². The van der Waals surface area contributed by atoms with Crippen LogP contribution >= 0.6 is 24.0 Å². The SMILES string of the molecule is COc1ccc2c(c1)CCCN2C(=O)CSC(=S)N1CCCC1. The Morgan fingerprint density at radius 3 is 2.78 bits per heavy atom. The number of ether oxygens (including phenoxy) is 1. The van der Waals surface area contributed by atoms with Gasteiger partial charge in [-0.15, -0.1) is 0 Å². The van der Waals surface area contributed by atoms with E-state index in [1.807, 2.05) is 23.1 Å². The Morgan fingerprint density at radius 2 is 2.04 bits per heavy atom. The molecule has 6 heteroatoms. The molecule has 0 N–H and O–H groups in total. The molecule has 3 rings (SSSR count). The normalized spacial score (nSPS) is 17.1. The minimum Gasteiger partial charge on any atom is -0.497 e. The van der Waals surface area contributed by atoms with Crippen molar-refractivity contribution in [3.05, 3.63) is 23.8 Å². The Labute approximate surface area is 147 Å². The number of carbonyl (C=O) groups is 1. The Kier molecular flexibility index (Phi) is 5.43. The van der Waals surface area contributed by atoms with Crippen molar-refractivity contribution >= 4 is 39.9 Å². The zero-order valence-corrected chi connectivity index (χ0v) is 15.0. The van der Waals surface area contributed by atoms with Crippen molar-refractivity contribution in [3.63, 3.8) is 0 Å². The number of hydrogen-bond acceptors (Lipinski definition) is 4. The van der Waals surface area contributed by atoms with Crippen molar-refractivity contribution < 1.29 is 9.53 Å². The van der Waals surface area contributed by atoms with Gasteiger partial charge in [0.1, 0.15) is 10.1 Å². The molecule has 1 saturated heterocycles. The van der Waals surface area contributed by atoms with Gasteiger partial charge in [0.2, 0.25) is 5.91 Å². The lowest BCUT2D eigenvalue weighted by molar-refractivity contribution is -0.116. The Morgan fingerprint density at radius 1 is 1.26 bits per heavy atom. The first-order valence-electron chi connectivity index (χ1n) is 8.08. The molecule has 4 nitrogen and oxygen atoms in total. The van der Waals surface area contributed by atoms with Crippen molar-refractivity contribution in [1.82, 2.24) is 4.90 Å². The predicted octanol–water partition coefficient (Wildman–Crippen LogP) is 3.09. The van der Waals surface area contributed by atoms with E-state index in [4.69, 9.17) is 17.0 Å². The smallest absolute Gasteiger partial charge is 0.237 e. The second-order valence-electron chi connectivity index (χ2n) is 5.89. The summed E-state index contributed by atoms with van der Waals surface area (Å²) in [5.74, 6) is 1.41. The number of rotatable bonds is 3. The summed E-state index contributed by atoms with van der Waals surface area (Å²) in [6.45, 7) is 2.86. The predicted molar refractivity (Wildman–Crippen MR) is 99.5 cm³/mol. The number of thioether (sulfide) groups is 1. The topological polar surface area (TPSA) is 32.8 Å². The molecule has 0 aromatic heterocycles. The van der Waals surface area contributed by atoms with Gasteiger partial charge in [-0.2, -0.15) is 0 Å². The minimum absolute atomic E-state index is 0.141. The number of nitrogens with zero attached hydrogens (tertiary/aromatic N) is 2. The molecule has 0 atom stereocenters. The third-order valence-electron chi connectivity index (χ3n) is 4.39. The highest BCUT2D eigenvalue weighted by atomic mass is 32.2. The van der Waals surface area contributed by atoms with Gasteiger partial charge < -0.3 is 14.5 Å². The van der Waals surface area contributed by atoms with E-state index >= 15 is 0 Å². The molecule has 0 unspecified atom stereocenters. The maximum absolute atomic E-state index is 12.6. The number of likely N-dealkylation sites (tertiary alicyclic amines) is 1. The van der Waals surface area contributed by atoms with Crippen LogP contribution in [0.25, 0.3) is 0 Å². The molecule has 1 amide bonds. The minimum atomic E-state index is 0.141. The number of anilines is 1. The summed E-state index contributed by atoms with van der Waals surface area (Å²) in [6, 6.07) is 5.96. The van der Waals surface area contributed by atoms with Crippen LogP contribution in [0, 0.1) is 0 Å². The van der Waals surface area contributed by atoms with Crippen LogP contribution in [0.2, 0.25) is 0 Å². The molecular weight excluding hydrogens is 328 g/mol. The molecule has 0 spiro atoms. The summed E-state index contributed by atoms with van der Waals surface area (Å²) in [7, 11) is 1.67.